The molecular formula is C14H15NO2. The number of methoxy groups -OCH3 is 2. The molecule has 3 heteroatoms. The standard InChI is InChI=1S/C14H15NO2/c1-16-13-8-11(10-6-4-3-5-7-10)12(15)9-14(13)17-2/h3-9H,15H2,1-2H3. The number of nitrogens with two attached hydrogens (primary N) is 1. The Labute approximate surface area is 101 Å². The van der Waals surface area contributed by atoms with Crippen LogP contribution < -0.4 is 15.2 Å². The zero-order chi connectivity index (χ0) is 12.3. The summed E-state index contributed by atoms with van der Waals surface area (Å²) in [6.45, 7) is 0. The third-order valence-electron chi connectivity index (χ3n) is 2.64. The van der Waals surface area contributed by atoms with Crippen LogP contribution >= 0.6 is 0 Å². The van der Waals surface area contributed by atoms with Gasteiger partial charge in [0.25, 0.3) is 0 Å². The number of hydrogen-bond acceptors (Lipinski definition) is 3. The third kappa shape index (κ3) is 2.18. The van der Waals surface area contributed by atoms with Crippen LogP contribution in [0, 0.1) is 0 Å². The van der Waals surface area contributed by atoms with E-state index in [4.69, 9.17) is 15.2 Å². The van der Waals surface area contributed by atoms with Gasteiger partial charge in [-0.1, -0.05) is 30.3 Å². The molecule has 0 amide bonds. The SMILES string of the molecule is COc1cc(N)c(-c2ccccc2)cc1OC. The van der Waals surface area contributed by atoms with Crippen molar-refractivity contribution < 1.29 is 9.47 Å². The van der Waals surface area contributed by atoms with E-state index in [0.29, 0.717) is 17.2 Å². The fraction of sp³-hybridized carbons (Fsp3) is 0.143. The van der Waals surface area contributed by atoms with Crippen LogP contribution in [0.3, 0.4) is 0 Å². The number of hydrogen-bond donors (Lipinski definition) is 1. The first-order chi connectivity index (χ1) is 8.26. The molecule has 0 fully saturated rings. The summed E-state index contributed by atoms with van der Waals surface area (Å²) in [5.41, 5.74) is 8.70. The van der Waals surface area contributed by atoms with Crippen molar-refractivity contribution in [2.75, 3.05) is 20.0 Å². The van der Waals surface area contributed by atoms with Crippen molar-refractivity contribution in [3.05, 3.63) is 42.5 Å². The smallest absolute Gasteiger partial charge is 0.162 e. The lowest BCUT2D eigenvalue weighted by Gasteiger charge is -2.12. The number of benzene rings is 2. The summed E-state index contributed by atoms with van der Waals surface area (Å²) < 4.78 is 10.5. The maximum absolute atomic E-state index is 6.02. The molecule has 2 N–H and O–H groups in total. The van der Waals surface area contributed by atoms with Crippen LogP contribution in [0.5, 0.6) is 11.5 Å². The normalized spacial score (nSPS) is 10.0. The number of nitrogen functional groups attached to an aromatic ring is 1. The lowest BCUT2D eigenvalue weighted by molar-refractivity contribution is 0.355. The van der Waals surface area contributed by atoms with Crippen LogP contribution in [-0.4, -0.2) is 14.2 Å². The zero-order valence-electron chi connectivity index (χ0n) is 9.94. The molecule has 3 nitrogen and oxygen atoms in total. The largest absolute Gasteiger partial charge is 0.493 e. The summed E-state index contributed by atoms with van der Waals surface area (Å²) in [6, 6.07) is 13.6. The Morgan fingerprint density at radius 3 is 2.06 bits per heavy atom. The van der Waals surface area contributed by atoms with E-state index in [1.807, 2.05) is 36.4 Å². The van der Waals surface area contributed by atoms with E-state index in [9.17, 15) is 0 Å². The van der Waals surface area contributed by atoms with Gasteiger partial charge in [-0.25, -0.2) is 0 Å². The molecule has 2 aromatic rings. The second-order valence-electron chi connectivity index (χ2n) is 3.66. The summed E-state index contributed by atoms with van der Waals surface area (Å²) in [6.07, 6.45) is 0. The fourth-order valence-corrected chi connectivity index (χ4v) is 1.76. The van der Waals surface area contributed by atoms with Crippen molar-refractivity contribution in [3.63, 3.8) is 0 Å². The van der Waals surface area contributed by atoms with Crippen LogP contribution in [-0.2, 0) is 0 Å². The lowest BCUT2D eigenvalue weighted by Crippen LogP contribution is -1.96. The van der Waals surface area contributed by atoms with E-state index in [0.717, 1.165) is 11.1 Å². The van der Waals surface area contributed by atoms with Gasteiger partial charge < -0.3 is 15.2 Å². The molecule has 0 saturated heterocycles. The molecule has 88 valence electrons. The van der Waals surface area contributed by atoms with Gasteiger partial charge in [0.1, 0.15) is 0 Å². The van der Waals surface area contributed by atoms with Crippen LogP contribution in [0.15, 0.2) is 42.5 Å². The summed E-state index contributed by atoms with van der Waals surface area (Å²) in [5.74, 6) is 1.32. The highest BCUT2D eigenvalue weighted by molar-refractivity contribution is 5.79. The first-order valence-electron chi connectivity index (χ1n) is 5.33. The van der Waals surface area contributed by atoms with E-state index in [1.54, 1.807) is 20.3 Å². The molecule has 0 aromatic heterocycles. The van der Waals surface area contributed by atoms with Gasteiger partial charge in [-0.3, -0.25) is 0 Å². The fourth-order valence-electron chi connectivity index (χ4n) is 1.76. The molecule has 0 unspecified atom stereocenters. The monoisotopic (exact) mass is 229 g/mol. The Balaban J connectivity index is 2.56. The lowest BCUT2D eigenvalue weighted by atomic mass is 10.0. The van der Waals surface area contributed by atoms with Gasteiger partial charge in [-0.2, -0.15) is 0 Å². The van der Waals surface area contributed by atoms with Gasteiger partial charge in [0.2, 0.25) is 0 Å². The Morgan fingerprint density at radius 1 is 0.882 bits per heavy atom. The Bertz CT molecular complexity index is 509. The topological polar surface area (TPSA) is 44.5 Å². The average Bonchev–Trinajstić information content (AvgIpc) is 2.39. The van der Waals surface area contributed by atoms with Crippen molar-refractivity contribution in [1.29, 1.82) is 0 Å². The van der Waals surface area contributed by atoms with Gasteiger partial charge in [0.15, 0.2) is 11.5 Å². The minimum atomic E-state index is 0.643. The molecule has 0 heterocycles. The summed E-state index contributed by atoms with van der Waals surface area (Å²) >= 11 is 0. The maximum atomic E-state index is 6.02. The average molecular weight is 229 g/mol. The van der Waals surface area contributed by atoms with Crippen LogP contribution in [0.4, 0.5) is 5.69 Å². The summed E-state index contributed by atoms with van der Waals surface area (Å²) in [4.78, 5) is 0. The molecule has 0 aliphatic heterocycles. The molecular weight excluding hydrogens is 214 g/mol. The molecule has 0 aliphatic carbocycles. The molecule has 2 aromatic carbocycles. The minimum absolute atomic E-state index is 0.643. The first-order valence-corrected chi connectivity index (χ1v) is 5.33. The molecule has 0 atom stereocenters. The van der Waals surface area contributed by atoms with Gasteiger partial charge in [0, 0.05) is 17.3 Å². The predicted molar refractivity (Wildman–Crippen MR) is 69.4 cm³/mol. The highest BCUT2D eigenvalue weighted by atomic mass is 16.5. The van der Waals surface area contributed by atoms with E-state index in [-0.39, 0.29) is 0 Å². The minimum Gasteiger partial charge on any atom is -0.493 e. The molecule has 0 aliphatic rings. The highest BCUT2D eigenvalue weighted by Crippen LogP contribution is 2.36. The number of anilines is 1. The molecule has 0 saturated carbocycles. The quantitative estimate of drug-likeness (QED) is 0.823. The van der Waals surface area contributed by atoms with E-state index >= 15 is 0 Å². The zero-order valence-corrected chi connectivity index (χ0v) is 9.94. The van der Waals surface area contributed by atoms with Crippen LogP contribution in [0.2, 0.25) is 0 Å². The van der Waals surface area contributed by atoms with E-state index in [1.165, 1.54) is 0 Å². The number of rotatable bonds is 3. The third-order valence-corrected chi connectivity index (χ3v) is 2.64. The Kier molecular flexibility index (Phi) is 3.19. The van der Waals surface area contributed by atoms with Gasteiger partial charge >= 0.3 is 0 Å². The molecule has 0 radical (unpaired) electrons. The Morgan fingerprint density at radius 2 is 1.47 bits per heavy atom. The van der Waals surface area contributed by atoms with Crippen molar-refractivity contribution in [1.82, 2.24) is 0 Å². The first kappa shape index (κ1) is 11.3. The van der Waals surface area contributed by atoms with Crippen LogP contribution in [0.1, 0.15) is 0 Å². The second kappa shape index (κ2) is 4.78. The van der Waals surface area contributed by atoms with Crippen molar-refractivity contribution in [2.45, 2.75) is 0 Å². The molecule has 2 rings (SSSR count). The van der Waals surface area contributed by atoms with Gasteiger partial charge in [0.05, 0.1) is 14.2 Å². The second-order valence-corrected chi connectivity index (χ2v) is 3.66. The maximum Gasteiger partial charge on any atom is 0.162 e. The van der Waals surface area contributed by atoms with Gasteiger partial charge in [-0.05, 0) is 11.6 Å². The van der Waals surface area contributed by atoms with E-state index < -0.39 is 0 Å². The summed E-state index contributed by atoms with van der Waals surface area (Å²) in [7, 11) is 3.21. The molecule has 0 spiro atoms. The molecule has 0 bridgehead atoms. The predicted octanol–water partition coefficient (Wildman–Crippen LogP) is 2.95. The summed E-state index contributed by atoms with van der Waals surface area (Å²) in [5, 5.41) is 0. The van der Waals surface area contributed by atoms with Crippen LogP contribution in [0.25, 0.3) is 11.1 Å². The highest BCUT2D eigenvalue weighted by Gasteiger charge is 2.10. The van der Waals surface area contributed by atoms with E-state index in [2.05, 4.69) is 0 Å². The Hall–Kier alpha value is -2.16. The van der Waals surface area contributed by atoms with Crippen molar-refractivity contribution >= 4 is 5.69 Å². The number of ether oxygens (including phenoxy) is 2. The van der Waals surface area contributed by atoms with Gasteiger partial charge in [-0.15, -0.1) is 0 Å². The molecule has 17 heavy (non-hydrogen) atoms. The van der Waals surface area contributed by atoms with Crippen molar-refractivity contribution in [2.24, 2.45) is 0 Å². The van der Waals surface area contributed by atoms with Crippen molar-refractivity contribution in [3.8, 4) is 22.6 Å².